The first-order valence-corrected chi connectivity index (χ1v) is 10.4. The molecule has 29 heavy (non-hydrogen) atoms. The first-order chi connectivity index (χ1) is 13.9. The zero-order valence-corrected chi connectivity index (χ0v) is 17.5. The Morgan fingerprint density at radius 1 is 1.28 bits per heavy atom. The van der Waals surface area contributed by atoms with Crippen LogP contribution in [0, 0.1) is 5.41 Å². The maximum atomic E-state index is 8.71. The predicted octanol–water partition coefficient (Wildman–Crippen LogP) is 2.94. The van der Waals surface area contributed by atoms with Crippen LogP contribution < -0.4 is 15.4 Å². The summed E-state index contributed by atoms with van der Waals surface area (Å²) in [6.07, 6.45) is 3.66. The van der Waals surface area contributed by atoms with Gasteiger partial charge in [-0.2, -0.15) is 0 Å². The molecule has 0 radical (unpaired) electrons. The number of rotatable bonds is 6. The number of ether oxygens (including phenoxy) is 1. The number of likely N-dealkylation sites (N-methyl/N-ethyl adjacent to an activating group) is 1. The molecule has 2 heterocycles. The van der Waals surface area contributed by atoms with Crippen molar-refractivity contribution in [3.63, 3.8) is 0 Å². The standard InChI is InChI=1S/C22H30N6O/c1-4-27-9-10-28(13-15(27)2)20-12-19(25-14-26-20)21(24)17-11-16(5-6-18(17)23)29-22(3)7-8-22/h5-6,11-12,14-15,24H,4,7-10,13,23H2,1-3H3. The molecule has 0 spiro atoms. The van der Waals surface area contributed by atoms with Crippen molar-refractivity contribution < 1.29 is 4.74 Å². The SMILES string of the molecule is CCN1CCN(c2cc(C(=N)c3cc(OC4(C)CC4)ccc3N)ncn2)CC1C. The highest BCUT2D eigenvalue weighted by Crippen LogP contribution is 2.40. The maximum absolute atomic E-state index is 8.71. The lowest BCUT2D eigenvalue weighted by Gasteiger charge is -2.39. The highest BCUT2D eigenvalue weighted by molar-refractivity contribution is 6.13. The van der Waals surface area contributed by atoms with Crippen molar-refractivity contribution in [3.8, 4) is 5.75 Å². The van der Waals surface area contributed by atoms with Crippen molar-refractivity contribution in [2.45, 2.75) is 45.3 Å². The molecule has 7 heteroatoms. The monoisotopic (exact) mass is 394 g/mol. The van der Waals surface area contributed by atoms with Crippen LogP contribution in [-0.2, 0) is 0 Å². The van der Waals surface area contributed by atoms with Gasteiger partial charge in [-0.05, 0) is 51.4 Å². The van der Waals surface area contributed by atoms with E-state index in [-0.39, 0.29) is 11.3 Å². The fourth-order valence-electron chi connectivity index (χ4n) is 3.85. The summed E-state index contributed by atoms with van der Waals surface area (Å²) in [6.45, 7) is 10.5. The molecule has 154 valence electrons. The number of nitrogens with zero attached hydrogens (tertiary/aromatic N) is 4. The molecule has 2 aliphatic rings. The second-order valence-corrected chi connectivity index (χ2v) is 8.36. The summed E-state index contributed by atoms with van der Waals surface area (Å²) in [6, 6.07) is 7.89. The number of hydrogen-bond donors (Lipinski definition) is 2. The van der Waals surface area contributed by atoms with E-state index in [1.165, 1.54) is 6.33 Å². The van der Waals surface area contributed by atoms with E-state index in [1.54, 1.807) is 6.07 Å². The van der Waals surface area contributed by atoms with Gasteiger partial charge in [0.25, 0.3) is 0 Å². The largest absolute Gasteiger partial charge is 0.488 e. The van der Waals surface area contributed by atoms with Crippen molar-refractivity contribution in [1.29, 1.82) is 5.41 Å². The van der Waals surface area contributed by atoms with E-state index in [9.17, 15) is 0 Å². The molecule has 7 nitrogen and oxygen atoms in total. The average Bonchev–Trinajstić information content (AvgIpc) is 3.45. The Hall–Kier alpha value is -2.67. The molecular weight excluding hydrogens is 364 g/mol. The van der Waals surface area contributed by atoms with E-state index in [0.29, 0.717) is 23.0 Å². The maximum Gasteiger partial charge on any atom is 0.132 e. The van der Waals surface area contributed by atoms with Crippen LogP contribution in [0.4, 0.5) is 11.5 Å². The van der Waals surface area contributed by atoms with Crippen molar-refractivity contribution in [3.05, 3.63) is 41.9 Å². The lowest BCUT2D eigenvalue weighted by Crippen LogP contribution is -2.52. The van der Waals surface area contributed by atoms with Crippen LogP contribution in [0.1, 0.15) is 44.9 Å². The molecule has 1 saturated carbocycles. The van der Waals surface area contributed by atoms with Crippen molar-refractivity contribution in [2.75, 3.05) is 36.8 Å². The summed E-state index contributed by atoms with van der Waals surface area (Å²) in [4.78, 5) is 13.5. The van der Waals surface area contributed by atoms with Gasteiger partial charge < -0.3 is 15.4 Å². The second-order valence-electron chi connectivity index (χ2n) is 8.36. The average molecular weight is 395 g/mol. The fraction of sp³-hybridized carbons (Fsp3) is 0.500. The molecule has 1 aliphatic heterocycles. The molecule has 4 rings (SSSR count). The number of nitrogens with one attached hydrogen (secondary N) is 1. The third-order valence-corrected chi connectivity index (χ3v) is 6.02. The van der Waals surface area contributed by atoms with Crippen LogP contribution in [0.15, 0.2) is 30.6 Å². The minimum Gasteiger partial charge on any atom is -0.488 e. The number of piperazine rings is 1. The lowest BCUT2D eigenvalue weighted by atomic mass is 10.0. The third-order valence-electron chi connectivity index (χ3n) is 6.02. The Kier molecular flexibility index (Phi) is 5.17. The first-order valence-electron chi connectivity index (χ1n) is 10.4. The molecule has 2 fully saturated rings. The zero-order chi connectivity index (χ0) is 20.6. The quantitative estimate of drug-likeness (QED) is 0.578. The normalized spacial score (nSPS) is 21.1. The molecule has 1 aliphatic carbocycles. The van der Waals surface area contributed by atoms with Crippen molar-refractivity contribution >= 4 is 17.2 Å². The summed E-state index contributed by atoms with van der Waals surface area (Å²) in [5, 5.41) is 8.71. The number of benzene rings is 1. The molecule has 1 unspecified atom stereocenters. The van der Waals surface area contributed by atoms with Gasteiger partial charge >= 0.3 is 0 Å². The van der Waals surface area contributed by atoms with E-state index in [4.69, 9.17) is 15.9 Å². The summed E-state index contributed by atoms with van der Waals surface area (Å²) in [5.41, 5.74) is 8.16. The van der Waals surface area contributed by atoms with Gasteiger partial charge in [-0.25, -0.2) is 9.97 Å². The summed E-state index contributed by atoms with van der Waals surface area (Å²) in [5.74, 6) is 1.61. The molecule has 1 saturated heterocycles. The number of hydrogen-bond acceptors (Lipinski definition) is 7. The summed E-state index contributed by atoms with van der Waals surface area (Å²) in [7, 11) is 0. The Balaban J connectivity index is 1.55. The van der Waals surface area contributed by atoms with Gasteiger partial charge in [-0.15, -0.1) is 0 Å². The topological polar surface area (TPSA) is 91.4 Å². The van der Waals surface area contributed by atoms with Crippen molar-refractivity contribution in [2.24, 2.45) is 0 Å². The van der Waals surface area contributed by atoms with E-state index in [0.717, 1.165) is 50.6 Å². The number of aromatic nitrogens is 2. The van der Waals surface area contributed by atoms with Gasteiger partial charge in [0.1, 0.15) is 23.5 Å². The van der Waals surface area contributed by atoms with Crippen LogP contribution in [0.2, 0.25) is 0 Å². The summed E-state index contributed by atoms with van der Waals surface area (Å²) < 4.78 is 6.05. The lowest BCUT2D eigenvalue weighted by molar-refractivity contribution is 0.199. The van der Waals surface area contributed by atoms with Crippen molar-refractivity contribution in [1.82, 2.24) is 14.9 Å². The van der Waals surface area contributed by atoms with E-state index in [2.05, 4.69) is 40.5 Å². The fourth-order valence-corrected chi connectivity index (χ4v) is 3.85. The van der Waals surface area contributed by atoms with E-state index < -0.39 is 0 Å². The molecule has 2 aromatic rings. The molecule has 3 N–H and O–H groups in total. The Labute approximate surface area is 172 Å². The number of nitrogens with two attached hydrogens (primary N) is 1. The predicted molar refractivity (Wildman–Crippen MR) is 116 cm³/mol. The van der Waals surface area contributed by atoms with Gasteiger partial charge in [-0.1, -0.05) is 6.92 Å². The smallest absolute Gasteiger partial charge is 0.132 e. The molecule has 1 aromatic carbocycles. The molecule has 0 bridgehead atoms. The Morgan fingerprint density at radius 3 is 2.76 bits per heavy atom. The first kappa shape index (κ1) is 19.6. The highest BCUT2D eigenvalue weighted by Gasteiger charge is 2.40. The minimum absolute atomic E-state index is 0.0744. The Bertz CT molecular complexity index is 910. The minimum atomic E-state index is -0.0744. The summed E-state index contributed by atoms with van der Waals surface area (Å²) >= 11 is 0. The molecule has 0 amide bonds. The van der Waals surface area contributed by atoms with E-state index >= 15 is 0 Å². The van der Waals surface area contributed by atoms with Gasteiger partial charge in [-0.3, -0.25) is 10.3 Å². The van der Waals surface area contributed by atoms with Crippen LogP contribution in [0.3, 0.4) is 0 Å². The zero-order valence-electron chi connectivity index (χ0n) is 17.5. The van der Waals surface area contributed by atoms with Crippen LogP contribution >= 0.6 is 0 Å². The van der Waals surface area contributed by atoms with E-state index in [1.807, 2.05) is 18.2 Å². The van der Waals surface area contributed by atoms with Gasteiger partial charge in [0.15, 0.2) is 0 Å². The molecule has 1 aromatic heterocycles. The third kappa shape index (κ3) is 4.19. The van der Waals surface area contributed by atoms with Gasteiger partial charge in [0.2, 0.25) is 0 Å². The number of anilines is 2. The number of nitrogen functional groups attached to an aromatic ring is 1. The van der Waals surface area contributed by atoms with Crippen LogP contribution in [-0.4, -0.2) is 58.4 Å². The van der Waals surface area contributed by atoms with Gasteiger partial charge in [0.05, 0.1) is 11.4 Å². The molecular formula is C22H30N6O. The van der Waals surface area contributed by atoms with Crippen LogP contribution in [0.25, 0.3) is 0 Å². The molecule has 1 atom stereocenters. The van der Waals surface area contributed by atoms with Gasteiger partial charge in [0, 0.05) is 43.0 Å². The second kappa shape index (κ2) is 7.63. The van der Waals surface area contributed by atoms with Crippen LogP contribution in [0.5, 0.6) is 5.75 Å². The highest BCUT2D eigenvalue weighted by atomic mass is 16.5. The Morgan fingerprint density at radius 2 is 2.07 bits per heavy atom.